The zero-order valence-electron chi connectivity index (χ0n) is 10.7. The Labute approximate surface area is 108 Å². The number of benzene rings is 2. The first-order valence-corrected chi connectivity index (χ1v) is 6.00. The molecule has 2 aromatic carbocycles. The third-order valence-electron chi connectivity index (χ3n) is 2.33. The summed E-state index contributed by atoms with van der Waals surface area (Å²) >= 11 is 0. The van der Waals surface area contributed by atoms with Crippen molar-refractivity contribution in [2.45, 2.75) is 20.0 Å². The molecule has 0 aliphatic heterocycles. The summed E-state index contributed by atoms with van der Waals surface area (Å²) in [6.07, 6.45) is 0.180. The van der Waals surface area contributed by atoms with Gasteiger partial charge < -0.3 is 9.47 Å². The van der Waals surface area contributed by atoms with Crippen LogP contribution in [-0.4, -0.2) is 6.10 Å². The van der Waals surface area contributed by atoms with Gasteiger partial charge in [0.25, 0.3) is 0 Å². The van der Waals surface area contributed by atoms with Gasteiger partial charge in [-0.15, -0.1) is 0 Å². The largest absolute Gasteiger partial charge is 0.491 e. The molecule has 0 unspecified atom stereocenters. The van der Waals surface area contributed by atoms with Crippen molar-refractivity contribution in [1.82, 2.24) is 0 Å². The SMILES string of the molecule is [CH2]c1cccc(Oc2ccc(OC(C)C)cc2)c1. The second kappa shape index (κ2) is 5.58. The second-order valence-electron chi connectivity index (χ2n) is 4.39. The van der Waals surface area contributed by atoms with Crippen molar-refractivity contribution in [2.75, 3.05) is 0 Å². The molecule has 0 aromatic heterocycles. The van der Waals surface area contributed by atoms with Gasteiger partial charge in [-0.25, -0.2) is 0 Å². The van der Waals surface area contributed by atoms with E-state index in [4.69, 9.17) is 9.47 Å². The van der Waals surface area contributed by atoms with E-state index in [1.165, 1.54) is 0 Å². The first-order valence-electron chi connectivity index (χ1n) is 6.00. The highest BCUT2D eigenvalue weighted by atomic mass is 16.5. The molecule has 18 heavy (non-hydrogen) atoms. The predicted molar refractivity (Wildman–Crippen MR) is 73.2 cm³/mol. The first kappa shape index (κ1) is 12.5. The third kappa shape index (κ3) is 3.52. The zero-order valence-corrected chi connectivity index (χ0v) is 10.7. The van der Waals surface area contributed by atoms with Gasteiger partial charge in [0.05, 0.1) is 6.10 Å². The van der Waals surface area contributed by atoms with Crippen LogP contribution in [0.1, 0.15) is 19.4 Å². The average molecular weight is 241 g/mol. The van der Waals surface area contributed by atoms with E-state index in [0.29, 0.717) is 0 Å². The highest BCUT2D eigenvalue weighted by Gasteiger charge is 2.00. The lowest BCUT2D eigenvalue weighted by Crippen LogP contribution is -2.05. The maximum atomic E-state index is 5.72. The van der Waals surface area contributed by atoms with Gasteiger partial charge >= 0.3 is 0 Å². The molecule has 0 saturated carbocycles. The fourth-order valence-electron chi connectivity index (χ4n) is 1.60. The van der Waals surface area contributed by atoms with Gasteiger partial charge in [-0.2, -0.15) is 0 Å². The van der Waals surface area contributed by atoms with E-state index in [-0.39, 0.29) is 6.10 Å². The quantitative estimate of drug-likeness (QED) is 0.787. The summed E-state index contributed by atoms with van der Waals surface area (Å²) in [5.74, 6) is 2.43. The van der Waals surface area contributed by atoms with Crippen LogP contribution in [-0.2, 0) is 0 Å². The van der Waals surface area contributed by atoms with Crippen LogP contribution in [0.25, 0.3) is 0 Å². The van der Waals surface area contributed by atoms with Gasteiger partial charge in [0, 0.05) is 0 Å². The van der Waals surface area contributed by atoms with Crippen LogP contribution in [0.3, 0.4) is 0 Å². The lowest BCUT2D eigenvalue weighted by Gasteiger charge is -2.10. The summed E-state index contributed by atoms with van der Waals surface area (Å²) in [5, 5.41) is 0. The molecule has 0 N–H and O–H groups in total. The molecule has 0 saturated heterocycles. The smallest absolute Gasteiger partial charge is 0.127 e. The topological polar surface area (TPSA) is 18.5 Å². The molecule has 2 nitrogen and oxygen atoms in total. The van der Waals surface area contributed by atoms with E-state index in [1.54, 1.807) is 0 Å². The Hall–Kier alpha value is -1.96. The molecular formula is C16H17O2. The van der Waals surface area contributed by atoms with Gasteiger partial charge in [-0.3, -0.25) is 0 Å². The molecular weight excluding hydrogens is 224 g/mol. The summed E-state index contributed by atoms with van der Waals surface area (Å²) < 4.78 is 11.3. The molecule has 2 aromatic rings. The van der Waals surface area contributed by atoms with E-state index < -0.39 is 0 Å². The Bertz CT molecular complexity index is 501. The van der Waals surface area contributed by atoms with Crippen LogP contribution in [0.2, 0.25) is 0 Å². The van der Waals surface area contributed by atoms with Crippen LogP contribution < -0.4 is 9.47 Å². The van der Waals surface area contributed by atoms with E-state index in [2.05, 4.69) is 6.92 Å². The second-order valence-corrected chi connectivity index (χ2v) is 4.39. The minimum absolute atomic E-state index is 0.180. The van der Waals surface area contributed by atoms with E-state index in [0.717, 1.165) is 22.8 Å². The number of hydrogen-bond donors (Lipinski definition) is 0. The summed E-state index contributed by atoms with van der Waals surface area (Å²) in [5.41, 5.74) is 0.937. The van der Waals surface area contributed by atoms with Crippen molar-refractivity contribution in [3.63, 3.8) is 0 Å². The lowest BCUT2D eigenvalue weighted by molar-refractivity contribution is 0.242. The maximum absolute atomic E-state index is 5.72. The Kier molecular flexibility index (Phi) is 3.88. The van der Waals surface area contributed by atoms with Gasteiger partial charge in [0.15, 0.2) is 0 Å². The number of hydrogen-bond acceptors (Lipinski definition) is 2. The molecule has 0 aliphatic rings. The summed E-state index contributed by atoms with van der Waals surface area (Å²) in [6, 6.07) is 15.3. The Balaban J connectivity index is 2.06. The van der Waals surface area contributed by atoms with Gasteiger partial charge in [-0.05, 0) is 62.7 Å². The van der Waals surface area contributed by atoms with Gasteiger partial charge in [-0.1, -0.05) is 12.1 Å². The van der Waals surface area contributed by atoms with Crippen molar-refractivity contribution >= 4 is 0 Å². The van der Waals surface area contributed by atoms with Crippen LogP contribution in [0.5, 0.6) is 17.2 Å². The molecule has 0 fully saturated rings. The fraction of sp³-hybridized carbons (Fsp3) is 0.188. The normalized spacial score (nSPS) is 10.4. The minimum atomic E-state index is 0.180. The van der Waals surface area contributed by atoms with Crippen molar-refractivity contribution in [2.24, 2.45) is 0 Å². The van der Waals surface area contributed by atoms with Crippen LogP contribution >= 0.6 is 0 Å². The van der Waals surface area contributed by atoms with E-state index in [1.807, 2.05) is 62.4 Å². The van der Waals surface area contributed by atoms with Crippen molar-refractivity contribution in [3.05, 3.63) is 61.0 Å². The zero-order chi connectivity index (χ0) is 13.0. The van der Waals surface area contributed by atoms with Gasteiger partial charge in [0.1, 0.15) is 17.2 Å². The Morgan fingerprint density at radius 1 is 0.889 bits per heavy atom. The summed E-state index contributed by atoms with van der Waals surface area (Å²) in [7, 11) is 0. The molecule has 1 radical (unpaired) electrons. The summed E-state index contributed by atoms with van der Waals surface area (Å²) in [6.45, 7) is 7.88. The third-order valence-corrected chi connectivity index (χ3v) is 2.33. The molecule has 0 bridgehead atoms. The minimum Gasteiger partial charge on any atom is -0.491 e. The van der Waals surface area contributed by atoms with Crippen molar-refractivity contribution < 1.29 is 9.47 Å². The molecule has 93 valence electrons. The highest BCUT2D eigenvalue weighted by Crippen LogP contribution is 2.24. The molecule has 0 aliphatic carbocycles. The molecule has 2 heteroatoms. The molecule has 0 atom stereocenters. The first-order chi connectivity index (χ1) is 8.63. The van der Waals surface area contributed by atoms with Crippen LogP contribution in [0, 0.1) is 6.92 Å². The standard InChI is InChI=1S/C16H17O2/c1-12(2)17-14-7-9-15(10-8-14)18-16-6-4-5-13(3)11-16/h4-12H,3H2,1-2H3. The summed E-state index contributed by atoms with van der Waals surface area (Å²) in [4.78, 5) is 0. The van der Waals surface area contributed by atoms with E-state index in [9.17, 15) is 0 Å². The molecule has 0 amide bonds. The molecule has 2 rings (SSSR count). The predicted octanol–water partition coefficient (Wildman–Crippen LogP) is 4.45. The Morgan fingerprint density at radius 3 is 2.17 bits per heavy atom. The van der Waals surface area contributed by atoms with E-state index >= 15 is 0 Å². The van der Waals surface area contributed by atoms with Crippen molar-refractivity contribution in [3.8, 4) is 17.2 Å². The monoisotopic (exact) mass is 241 g/mol. The maximum Gasteiger partial charge on any atom is 0.127 e. The fourth-order valence-corrected chi connectivity index (χ4v) is 1.60. The molecule has 0 heterocycles. The average Bonchev–Trinajstić information content (AvgIpc) is 2.31. The Morgan fingerprint density at radius 2 is 1.56 bits per heavy atom. The molecule has 0 spiro atoms. The lowest BCUT2D eigenvalue weighted by atomic mass is 10.2. The van der Waals surface area contributed by atoms with Gasteiger partial charge in [0.2, 0.25) is 0 Å². The van der Waals surface area contributed by atoms with Crippen LogP contribution in [0.4, 0.5) is 0 Å². The van der Waals surface area contributed by atoms with Crippen LogP contribution in [0.15, 0.2) is 48.5 Å². The van der Waals surface area contributed by atoms with Crippen molar-refractivity contribution in [1.29, 1.82) is 0 Å². The number of ether oxygens (including phenoxy) is 2. The highest BCUT2D eigenvalue weighted by molar-refractivity contribution is 5.37. The number of rotatable bonds is 4.